The van der Waals surface area contributed by atoms with E-state index in [2.05, 4.69) is 15.0 Å². The first kappa shape index (κ1) is 13.9. The summed E-state index contributed by atoms with van der Waals surface area (Å²) >= 11 is 0. The van der Waals surface area contributed by atoms with Gasteiger partial charge in [-0.25, -0.2) is 4.98 Å². The summed E-state index contributed by atoms with van der Waals surface area (Å²) < 4.78 is 37.9. The lowest BCUT2D eigenvalue weighted by atomic mass is 10.1. The van der Waals surface area contributed by atoms with Crippen LogP contribution in [-0.2, 0) is 6.18 Å². The zero-order valence-electron chi connectivity index (χ0n) is 9.22. The number of azide groups is 1. The van der Waals surface area contributed by atoms with Crippen molar-refractivity contribution in [2.45, 2.75) is 12.6 Å². The average molecular weight is 257 g/mol. The number of anilines is 1. The molecule has 0 saturated carbocycles. The van der Waals surface area contributed by atoms with E-state index in [1.54, 1.807) is 0 Å². The maximum Gasteiger partial charge on any atom is 0.434 e. The molecule has 0 bridgehead atoms. The average Bonchev–Trinajstić information content (AvgIpc) is 2.29. The van der Waals surface area contributed by atoms with E-state index in [-0.39, 0.29) is 17.9 Å². The first-order valence-electron chi connectivity index (χ1n) is 4.96. The molecule has 0 saturated heterocycles. The molecule has 5 nitrogen and oxygen atoms in total. The highest BCUT2D eigenvalue weighted by atomic mass is 19.4. The highest BCUT2D eigenvalue weighted by Crippen LogP contribution is 2.31. The lowest BCUT2D eigenvalue weighted by molar-refractivity contribution is -0.141. The Balaban J connectivity index is 2.91. The van der Waals surface area contributed by atoms with Crippen LogP contribution in [0.2, 0.25) is 0 Å². The zero-order chi connectivity index (χ0) is 13.6. The lowest BCUT2D eigenvalue weighted by Crippen LogP contribution is -2.11. The van der Waals surface area contributed by atoms with Gasteiger partial charge in [0.15, 0.2) is 5.69 Å². The minimum atomic E-state index is -4.56. The fraction of sp³-hybridized carbons (Fsp3) is 0.300. The van der Waals surface area contributed by atoms with E-state index in [1.165, 1.54) is 24.3 Å². The Labute approximate surface area is 101 Å². The van der Waals surface area contributed by atoms with E-state index in [9.17, 15) is 13.2 Å². The van der Waals surface area contributed by atoms with E-state index < -0.39 is 11.9 Å². The van der Waals surface area contributed by atoms with Crippen molar-refractivity contribution in [1.82, 2.24) is 4.98 Å². The normalized spacial score (nSPS) is 11.5. The number of nitrogen functional groups attached to an aromatic ring is 1. The van der Waals surface area contributed by atoms with Gasteiger partial charge in [-0.3, -0.25) is 0 Å². The minimum Gasteiger partial charge on any atom is -0.384 e. The van der Waals surface area contributed by atoms with Crippen LogP contribution in [-0.4, -0.2) is 11.5 Å². The van der Waals surface area contributed by atoms with Gasteiger partial charge in [-0.05, 0) is 24.1 Å². The van der Waals surface area contributed by atoms with Gasteiger partial charge in [0.2, 0.25) is 0 Å². The maximum atomic E-state index is 12.6. The first-order valence-corrected chi connectivity index (χ1v) is 4.96. The minimum absolute atomic E-state index is 0.0716. The predicted octanol–water partition coefficient (Wildman–Crippen LogP) is 3.40. The molecule has 0 aliphatic heterocycles. The smallest absolute Gasteiger partial charge is 0.384 e. The second-order valence-corrected chi connectivity index (χ2v) is 3.32. The SMILES string of the molecule is [N-]=[N+]=NCCC=Cc1ccc(N)nc1C(F)(F)F. The van der Waals surface area contributed by atoms with Crippen molar-refractivity contribution in [3.63, 3.8) is 0 Å². The summed E-state index contributed by atoms with van der Waals surface area (Å²) in [6, 6.07) is 2.54. The third-order valence-electron chi connectivity index (χ3n) is 1.97. The summed E-state index contributed by atoms with van der Waals surface area (Å²) in [5, 5.41) is 3.26. The Bertz CT molecular complexity index is 489. The molecule has 1 heterocycles. The van der Waals surface area contributed by atoms with Gasteiger partial charge in [0.05, 0.1) is 0 Å². The molecule has 0 atom stereocenters. The van der Waals surface area contributed by atoms with Crippen LogP contribution in [0.3, 0.4) is 0 Å². The van der Waals surface area contributed by atoms with Gasteiger partial charge in [0.25, 0.3) is 0 Å². The fourth-order valence-corrected chi connectivity index (χ4v) is 1.23. The molecule has 0 amide bonds. The van der Waals surface area contributed by atoms with Gasteiger partial charge in [-0.2, -0.15) is 13.2 Å². The maximum absolute atomic E-state index is 12.6. The molecule has 0 unspecified atom stereocenters. The first-order chi connectivity index (χ1) is 8.45. The molecular formula is C10H10F3N5. The van der Waals surface area contributed by atoms with Gasteiger partial charge in [-0.1, -0.05) is 17.3 Å². The van der Waals surface area contributed by atoms with Crippen LogP contribution in [0.4, 0.5) is 19.0 Å². The number of nitrogens with zero attached hydrogens (tertiary/aromatic N) is 4. The second kappa shape index (κ2) is 5.92. The Morgan fingerprint density at radius 2 is 2.17 bits per heavy atom. The number of alkyl halides is 3. The number of hydrogen-bond acceptors (Lipinski definition) is 3. The van der Waals surface area contributed by atoms with Crippen molar-refractivity contribution in [2.75, 3.05) is 12.3 Å². The van der Waals surface area contributed by atoms with E-state index in [0.29, 0.717) is 6.42 Å². The summed E-state index contributed by atoms with van der Waals surface area (Å²) in [7, 11) is 0. The van der Waals surface area contributed by atoms with Crippen LogP contribution in [0.5, 0.6) is 0 Å². The van der Waals surface area contributed by atoms with Crippen LogP contribution in [0.15, 0.2) is 23.3 Å². The van der Waals surface area contributed by atoms with Crippen LogP contribution in [0.25, 0.3) is 16.5 Å². The Morgan fingerprint density at radius 3 is 2.78 bits per heavy atom. The molecule has 0 aromatic carbocycles. The topological polar surface area (TPSA) is 87.7 Å². The van der Waals surface area contributed by atoms with Gasteiger partial charge in [0.1, 0.15) is 5.82 Å². The van der Waals surface area contributed by atoms with Crippen molar-refractivity contribution < 1.29 is 13.2 Å². The second-order valence-electron chi connectivity index (χ2n) is 3.32. The van der Waals surface area contributed by atoms with E-state index in [1.807, 2.05) is 0 Å². The van der Waals surface area contributed by atoms with Gasteiger partial charge >= 0.3 is 6.18 Å². The predicted molar refractivity (Wildman–Crippen MR) is 61.3 cm³/mol. The summed E-state index contributed by atoms with van der Waals surface area (Å²) in [5.74, 6) is -0.187. The van der Waals surface area contributed by atoms with Gasteiger partial charge in [-0.15, -0.1) is 0 Å². The molecule has 0 spiro atoms. The van der Waals surface area contributed by atoms with Crippen molar-refractivity contribution in [2.24, 2.45) is 5.11 Å². The molecule has 1 rings (SSSR count). The number of nitrogens with two attached hydrogens (primary N) is 1. The Kier molecular flexibility index (Phi) is 4.56. The molecule has 96 valence electrons. The third-order valence-corrected chi connectivity index (χ3v) is 1.97. The standard InChI is InChI=1S/C10H10F3N5/c11-10(12,13)9-7(4-5-8(14)17-9)3-1-2-6-16-18-15/h1,3-5H,2,6H2,(H2,14,17). The number of aromatic nitrogens is 1. The van der Waals surface area contributed by atoms with Crippen LogP contribution < -0.4 is 5.73 Å². The molecule has 0 fully saturated rings. The Morgan fingerprint density at radius 1 is 1.44 bits per heavy atom. The molecule has 8 heteroatoms. The summed E-state index contributed by atoms with van der Waals surface area (Å²) in [5.41, 5.74) is 12.2. The largest absolute Gasteiger partial charge is 0.434 e. The molecule has 18 heavy (non-hydrogen) atoms. The molecule has 2 N–H and O–H groups in total. The van der Waals surface area contributed by atoms with Crippen molar-refractivity contribution in [1.29, 1.82) is 0 Å². The fourth-order valence-electron chi connectivity index (χ4n) is 1.23. The van der Waals surface area contributed by atoms with Crippen molar-refractivity contribution >= 4 is 11.9 Å². The van der Waals surface area contributed by atoms with Crippen LogP contribution in [0, 0.1) is 0 Å². The summed E-state index contributed by atoms with van der Waals surface area (Å²) in [6.45, 7) is 0.191. The zero-order valence-corrected chi connectivity index (χ0v) is 9.22. The third kappa shape index (κ3) is 3.99. The van der Waals surface area contributed by atoms with Crippen molar-refractivity contribution in [3.05, 3.63) is 39.9 Å². The summed E-state index contributed by atoms with van der Waals surface area (Å²) in [4.78, 5) is 5.81. The monoisotopic (exact) mass is 257 g/mol. The number of pyridine rings is 1. The number of hydrogen-bond donors (Lipinski definition) is 1. The molecule has 1 aromatic heterocycles. The highest BCUT2D eigenvalue weighted by Gasteiger charge is 2.34. The summed E-state index contributed by atoms with van der Waals surface area (Å²) in [6.07, 6.45) is -1.44. The van der Waals surface area contributed by atoms with E-state index in [4.69, 9.17) is 11.3 Å². The molecule has 0 aliphatic rings. The molecule has 0 aliphatic carbocycles. The molecule has 0 radical (unpaired) electrons. The number of halogens is 3. The van der Waals surface area contributed by atoms with Gasteiger partial charge in [0, 0.05) is 17.0 Å². The van der Waals surface area contributed by atoms with E-state index in [0.717, 1.165) is 0 Å². The molecular weight excluding hydrogens is 247 g/mol. The number of rotatable bonds is 4. The highest BCUT2D eigenvalue weighted by molar-refractivity contribution is 5.54. The van der Waals surface area contributed by atoms with Crippen LogP contribution in [0.1, 0.15) is 17.7 Å². The quantitative estimate of drug-likeness (QED) is 0.387. The Hall–Kier alpha value is -2.21. The van der Waals surface area contributed by atoms with Crippen molar-refractivity contribution in [3.8, 4) is 0 Å². The van der Waals surface area contributed by atoms with E-state index >= 15 is 0 Å². The van der Waals surface area contributed by atoms with Crippen LogP contribution >= 0.6 is 0 Å². The lowest BCUT2D eigenvalue weighted by Gasteiger charge is -2.09. The van der Waals surface area contributed by atoms with Gasteiger partial charge < -0.3 is 5.73 Å². The molecule has 1 aromatic rings.